The summed E-state index contributed by atoms with van der Waals surface area (Å²) in [6.07, 6.45) is 0. The molecule has 4 heteroatoms. The molecule has 1 heterocycles. The second kappa shape index (κ2) is 2.47. The molecule has 1 aromatic heterocycles. The van der Waals surface area contributed by atoms with Gasteiger partial charge in [0.1, 0.15) is 0 Å². The summed E-state index contributed by atoms with van der Waals surface area (Å²) in [5.41, 5.74) is 1.31. The second-order valence-corrected chi connectivity index (χ2v) is 3.35. The Kier molecular flexibility index (Phi) is 1.45. The first-order chi connectivity index (χ1) is 5.79. The highest BCUT2D eigenvalue weighted by atomic mass is 32.1. The van der Waals surface area contributed by atoms with Crippen LogP contribution < -0.4 is 4.87 Å². The van der Waals surface area contributed by atoms with Crippen LogP contribution in [0, 0.1) is 11.3 Å². The van der Waals surface area contributed by atoms with Crippen molar-refractivity contribution >= 4 is 21.6 Å². The number of aromatic nitrogens is 1. The highest BCUT2D eigenvalue weighted by Gasteiger charge is 1.98. The molecular formula is C8H4N2OS. The molecule has 0 atom stereocenters. The van der Waals surface area contributed by atoms with Crippen LogP contribution in [0.15, 0.2) is 23.0 Å². The summed E-state index contributed by atoms with van der Waals surface area (Å²) in [4.78, 5) is 13.4. The SMILES string of the molecule is N#Cc1ccc2sc(=O)[nH]c2c1. The van der Waals surface area contributed by atoms with E-state index in [0.29, 0.717) is 5.56 Å². The second-order valence-electron chi connectivity index (χ2n) is 2.34. The van der Waals surface area contributed by atoms with Gasteiger partial charge < -0.3 is 4.98 Å². The molecule has 0 spiro atoms. The first-order valence-corrected chi connectivity index (χ1v) is 4.14. The molecule has 12 heavy (non-hydrogen) atoms. The predicted octanol–water partition coefficient (Wildman–Crippen LogP) is 1.46. The Labute approximate surface area is 71.9 Å². The van der Waals surface area contributed by atoms with Crippen molar-refractivity contribution in [3.8, 4) is 6.07 Å². The fourth-order valence-corrected chi connectivity index (χ4v) is 1.74. The highest BCUT2D eigenvalue weighted by molar-refractivity contribution is 7.16. The van der Waals surface area contributed by atoms with Crippen molar-refractivity contribution in [3.63, 3.8) is 0 Å². The number of benzene rings is 1. The largest absolute Gasteiger partial charge is 0.312 e. The number of hydrogen-bond donors (Lipinski definition) is 1. The first kappa shape index (κ1) is 7.07. The van der Waals surface area contributed by atoms with E-state index < -0.39 is 0 Å². The molecule has 0 amide bonds. The van der Waals surface area contributed by atoms with E-state index in [4.69, 9.17) is 5.26 Å². The van der Waals surface area contributed by atoms with E-state index in [9.17, 15) is 4.79 Å². The quantitative estimate of drug-likeness (QED) is 0.660. The standard InChI is InChI=1S/C8H4N2OS/c9-4-5-1-2-7-6(3-5)10-8(11)12-7/h1-3H,(H,10,11). The zero-order valence-electron chi connectivity index (χ0n) is 6.00. The zero-order chi connectivity index (χ0) is 8.55. The van der Waals surface area contributed by atoms with Crippen LogP contribution in [0.4, 0.5) is 0 Å². The molecule has 0 saturated carbocycles. The minimum Gasteiger partial charge on any atom is -0.312 e. The van der Waals surface area contributed by atoms with E-state index in [1.54, 1.807) is 18.2 Å². The summed E-state index contributed by atoms with van der Waals surface area (Å²) in [5, 5.41) is 8.57. The predicted molar refractivity (Wildman–Crippen MR) is 47.2 cm³/mol. The Morgan fingerprint density at radius 2 is 2.33 bits per heavy atom. The molecule has 1 aromatic carbocycles. The van der Waals surface area contributed by atoms with Crippen molar-refractivity contribution in [1.29, 1.82) is 5.26 Å². The number of H-pyrrole nitrogens is 1. The van der Waals surface area contributed by atoms with E-state index in [0.717, 1.165) is 21.6 Å². The third-order valence-electron chi connectivity index (χ3n) is 1.55. The van der Waals surface area contributed by atoms with E-state index in [-0.39, 0.29) is 4.87 Å². The molecule has 3 nitrogen and oxygen atoms in total. The van der Waals surface area contributed by atoms with Gasteiger partial charge in [-0.1, -0.05) is 11.3 Å². The number of rotatable bonds is 0. The molecule has 0 bridgehead atoms. The number of nitriles is 1. The van der Waals surface area contributed by atoms with Crippen LogP contribution in [0.3, 0.4) is 0 Å². The van der Waals surface area contributed by atoms with Crippen molar-refractivity contribution < 1.29 is 0 Å². The maximum atomic E-state index is 10.9. The summed E-state index contributed by atoms with van der Waals surface area (Å²) in [5.74, 6) is 0. The lowest BCUT2D eigenvalue weighted by molar-refractivity contribution is 1.40. The minimum absolute atomic E-state index is 0.0833. The number of fused-ring (bicyclic) bond motifs is 1. The third-order valence-corrected chi connectivity index (χ3v) is 2.41. The highest BCUT2D eigenvalue weighted by Crippen LogP contribution is 2.14. The maximum absolute atomic E-state index is 10.9. The first-order valence-electron chi connectivity index (χ1n) is 3.32. The van der Waals surface area contributed by atoms with E-state index in [2.05, 4.69) is 4.98 Å². The molecule has 0 fully saturated rings. The molecule has 0 aliphatic rings. The smallest absolute Gasteiger partial charge is 0.305 e. The van der Waals surface area contributed by atoms with Crippen molar-refractivity contribution in [2.24, 2.45) is 0 Å². The van der Waals surface area contributed by atoms with E-state index in [1.165, 1.54) is 0 Å². The summed E-state index contributed by atoms with van der Waals surface area (Å²) in [7, 11) is 0. The Morgan fingerprint density at radius 1 is 1.50 bits per heavy atom. The van der Waals surface area contributed by atoms with Gasteiger partial charge in [0.2, 0.25) is 0 Å². The number of thiazole rings is 1. The Morgan fingerprint density at radius 3 is 3.08 bits per heavy atom. The minimum atomic E-state index is -0.0833. The molecule has 58 valence electrons. The van der Waals surface area contributed by atoms with Gasteiger partial charge in [0.25, 0.3) is 0 Å². The van der Waals surface area contributed by atoms with Gasteiger partial charge >= 0.3 is 4.87 Å². The van der Waals surface area contributed by atoms with Crippen LogP contribution in [0.2, 0.25) is 0 Å². The normalized spacial score (nSPS) is 9.92. The molecule has 0 radical (unpaired) electrons. The third kappa shape index (κ3) is 1.00. The number of nitrogens with one attached hydrogen (secondary N) is 1. The van der Waals surface area contributed by atoms with Gasteiger partial charge in [-0.2, -0.15) is 5.26 Å². The molecular weight excluding hydrogens is 172 g/mol. The van der Waals surface area contributed by atoms with Gasteiger partial charge in [-0.3, -0.25) is 4.79 Å². The maximum Gasteiger partial charge on any atom is 0.305 e. The van der Waals surface area contributed by atoms with Crippen LogP contribution >= 0.6 is 11.3 Å². The van der Waals surface area contributed by atoms with Gasteiger partial charge in [-0.15, -0.1) is 0 Å². The average Bonchev–Trinajstić information content (AvgIpc) is 2.43. The van der Waals surface area contributed by atoms with Gasteiger partial charge in [-0.25, -0.2) is 0 Å². The molecule has 1 N–H and O–H groups in total. The van der Waals surface area contributed by atoms with Gasteiger partial charge in [0.15, 0.2) is 0 Å². The molecule has 2 aromatic rings. The van der Waals surface area contributed by atoms with E-state index >= 15 is 0 Å². The Bertz CT molecular complexity index is 518. The zero-order valence-corrected chi connectivity index (χ0v) is 6.81. The van der Waals surface area contributed by atoms with Gasteiger partial charge in [-0.05, 0) is 18.2 Å². The Hall–Kier alpha value is -1.60. The van der Waals surface area contributed by atoms with Crippen LogP contribution in [-0.2, 0) is 0 Å². The lowest BCUT2D eigenvalue weighted by atomic mass is 10.2. The average molecular weight is 176 g/mol. The molecule has 0 aliphatic carbocycles. The summed E-state index contributed by atoms with van der Waals surface area (Å²) < 4.78 is 0.888. The Balaban J connectivity index is 2.85. The van der Waals surface area contributed by atoms with Crippen LogP contribution in [0.5, 0.6) is 0 Å². The summed E-state index contributed by atoms with van der Waals surface area (Å²) >= 11 is 1.15. The molecule has 0 saturated heterocycles. The van der Waals surface area contributed by atoms with Gasteiger partial charge in [0, 0.05) is 0 Å². The number of aromatic amines is 1. The monoisotopic (exact) mass is 176 g/mol. The number of hydrogen-bond acceptors (Lipinski definition) is 3. The molecule has 0 unspecified atom stereocenters. The lowest BCUT2D eigenvalue weighted by Crippen LogP contribution is -1.89. The van der Waals surface area contributed by atoms with Crippen LogP contribution in [0.25, 0.3) is 10.2 Å². The van der Waals surface area contributed by atoms with E-state index in [1.807, 2.05) is 6.07 Å². The summed E-state index contributed by atoms with van der Waals surface area (Å²) in [6, 6.07) is 7.16. The van der Waals surface area contributed by atoms with Crippen molar-refractivity contribution in [3.05, 3.63) is 33.4 Å². The van der Waals surface area contributed by atoms with Crippen LogP contribution in [-0.4, -0.2) is 4.98 Å². The van der Waals surface area contributed by atoms with Crippen molar-refractivity contribution in [2.45, 2.75) is 0 Å². The fraction of sp³-hybridized carbons (Fsp3) is 0. The summed E-state index contributed by atoms with van der Waals surface area (Å²) in [6.45, 7) is 0. The molecule has 0 aliphatic heterocycles. The van der Waals surface area contributed by atoms with Gasteiger partial charge in [0.05, 0.1) is 21.8 Å². The lowest BCUT2D eigenvalue weighted by Gasteiger charge is -1.87. The van der Waals surface area contributed by atoms with Crippen molar-refractivity contribution in [1.82, 2.24) is 4.98 Å². The fourth-order valence-electron chi connectivity index (χ4n) is 1.02. The molecule has 2 rings (SSSR count). The number of nitrogens with zero attached hydrogens (tertiary/aromatic N) is 1. The van der Waals surface area contributed by atoms with Crippen molar-refractivity contribution in [2.75, 3.05) is 0 Å². The van der Waals surface area contributed by atoms with Crippen LogP contribution in [0.1, 0.15) is 5.56 Å². The topological polar surface area (TPSA) is 56.6 Å².